The molecule has 2 aliphatic rings. The number of nitrogens with zero attached hydrogens (tertiary/aromatic N) is 3. The Bertz CT molecular complexity index is 618. The number of amides is 1. The van der Waals surface area contributed by atoms with Crippen LogP contribution in [0.25, 0.3) is 0 Å². The average Bonchev–Trinajstić information content (AvgIpc) is 2.98. The maximum Gasteiger partial charge on any atom is 0.410 e. The molecule has 3 atom stereocenters. The van der Waals surface area contributed by atoms with Gasteiger partial charge in [0.1, 0.15) is 5.60 Å². The molecule has 0 aromatic carbocycles. The van der Waals surface area contributed by atoms with Crippen molar-refractivity contribution >= 4 is 23.5 Å². The van der Waals surface area contributed by atoms with E-state index in [4.69, 9.17) is 16.3 Å². The van der Waals surface area contributed by atoms with E-state index in [0.717, 1.165) is 37.3 Å². The number of carbonyl (C=O) groups excluding carboxylic acids is 1. The number of halogens is 1. The second-order valence-corrected chi connectivity index (χ2v) is 8.30. The summed E-state index contributed by atoms with van der Waals surface area (Å²) in [5.41, 5.74) is 0.561. The molecule has 0 bridgehead atoms. The number of hydrogen-bond acceptors (Lipinski definition) is 5. The van der Waals surface area contributed by atoms with E-state index < -0.39 is 5.60 Å². The summed E-state index contributed by atoms with van der Waals surface area (Å²) < 4.78 is 5.48. The minimum atomic E-state index is -0.441. The van der Waals surface area contributed by atoms with Crippen molar-refractivity contribution in [2.45, 2.75) is 52.2 Å². The van der Waals surface area contributed by atoms with Crippen LogP contribution < -0.4 is 5.32 Å². The van der Waals surface area contributed by atoms with Crippen LogP contribution in [0.4, 0.5) is 10.6 Å². The molecule has 0 radical (unpaired) electrons. The lowest BCUT2D eigenvalue weighted by molar-refractivity contribution is 0.0280. The summed E-state index contributed by atoms with van der Waals surface area (Å²) in [5.74, 6) is 1.85. The first-order valence-electron chi connectivity index (χ1n) is 8.45. The number of anilines is 1. The second kappa shape index (κ2) is 6.39. The monoisotopic (exact) mass is 352 g/mol. The third-order valence-electron chi connectivity index (χ3n) is 4.70. The van der Waals surface area contributed by atoms with Gasteiger partial charge in [0.05, 0.1) is 0 Å². The van der Waals surface area contributed by atoms with E-state index in [9.17, 15) is 4.79 Å². The molecule has 1 amide bonds. The Morgan fingerprint density at radius 1 is 1.29 bits per heavy atom. The SMILES string of the molecule is Cc1cc(Cl)nnc1N[C@H]1C[C@@H]2CN(C(=O)OC(C)(C)C)C[C@@H]2C1. The number of fused-ring (bicyclic) bond motifs is 1. The molecule has 2 fully saturated rings. The largest absolute Gasteiger partial charge is 0.444 e. The first-order chi connectivity index (χ1) is 11.2. The van der Waals surface area contributed by atoms with E-state index in [0.29, 0.717) is 23.0 Å². The van der Waals surface area contributed by atoms with Crippen LogP contribution in [0.3, 0.4) is 0 Å². The summed E-state index contributed by atoms with van der Waals surface area (Å²) in [7, 11) is 0. The number of carbonyl (C=O) groups is 1. The van der Waals surface area contributed by atoms with E-state index >= 15 is 0 Å². The van der Waals surface area contributed by atoms with Crippen molar-refractivity contribution in [2.24, 2.45) is 11.8 Å². The highest BCUT2D eigenvalue weighted by atomic mass is 35.5. The van der Waals surface area contributed by atoms with Gasteiger partial charge in [-0.3, -0.25) is 0 Å². The van der Waals surface area contributed by atoms with Crippen LogP contribution in [0.1, 0.15) is 39.2 Å². The zero-order valence-electron chi connectivity index (χ0n) is 14.7. The third kappa shape index (κ3) is 3.91. The van der Waals surface area contributed by atoms with Crippen LogP contribution in [0, 0.1) is 18.8 Å². The van der Waals surface area contributed by atoms with Crippen LogP contribution in [-0.4, -0.2) is 45.9 Å². The molecule has 6 nitrogen and oxygen atoms in total. The number of nitrogens with one attached hydrogen (secondary N) is 1. The second-order valence-electron chi connectivity index (χ2n) is 7.92. The van der Waals surface area contributed by atoms with Crippen LogP contribution in [0.5, 0.6) is 0 Å². The third-order valence-corrected chi connectivity index (χ3v) is 4.88. The lowest BCUT2D eigenvalue weighted by Gasteiger charge is -2.25. The number of ether oxygens (including phenoxy) is 1. The first kappa shape index (κ1) is 17.3. The van der Waals surface area contributed by atoms with Crippen molar-refractivity contribution in [3.05, 3.63) is 16.8 Å². The van der Waals surface area contributed by atoms with Gasteiger partial charge in [-0.2, -0.15) is 0 Å². The fourth-order valence-corrected chi connectivity index (χ4v) is 3.88. The Morgan fingerprint density at radius 3 is 2.46 bits per heavy atom. The van der Waals surface area contributed by atoms with Crippen molar-refractivity contribution in [3.63, 3.8) is 0 Å². The number of hydrogen-bond donors (Lipinski definition) is 1. The Hall–Kier alpha value is -1.56. The van der Waals surface area contributed by atoms with E-state index in [1.54, 1.807) is 0 Å². The van der Waals surface area contributed by atoms with Gasteiger partial charge < -0.3 is 15.0 Å². The summed E-state index contributed by atoms with van der Waals surface area (Å²) in [4.78, 5) is 14.0. The number of aryl methyl sites for hydroxylation is 1. The minimum absolute atomic E-state index is 0.194. The summed E-state index contributed by atoms with van der Waals surface area (Å²) >= 11 is 5.85. The van der Waals surface area contributed by atoms with Crippen LogP contribution in [0.2, 0.25) is 5.15 Å². The van der Waals surface area contributed by atoms with Crippen molar-refractivity contribution in [1.29, 1.82) is 0 Å². The molecule has 7 heteroatoms. The molecule has 0 spiro atoms. The van der Waals surface area contributed by atoms with Crippen molar-refractivity contribution in [3.8, 4) is 0 Å². The fourth-order valence-electron chi connectivity index (χ4n) is 3.68. The highest BCUT2D eigenvalue weighted by Gasteiger charge is 2.43. The summed E-state index contributed by atoms with van der Waals surface area (Å²) in [6.45, 7) is 9.24. The smallest absolute Gasteiger partial charge is 0.410 e. The Labute approximate surface area is 147 Å². The number of aromatic nitrogens is 2. The molecule has 132 valence electrons. The molecule has 1 aromatic heterocycles. The molecule has 1 N–H and O–H groups in total. The Balaban J connectivity index is 1.54. The molecule has 1 aliphatic heterocycles. The molecule has 1 aliphatic carbocycles. The molecular weight excluding hydrogens is 328 g/mol. The quantitative estimate of drug-likeness (QED) is 0.882. The molecule has 1 saturated heterocycles. The molecule has 1 aromatic rings. The maximum atomic E-state index is 12.2. The van der Waals surface area contributed by atoms with Gasteiger partial charge in [0, 0.05) is 19.1 Å². The standard InChI is InChI=1S/C17H25ClN4O2/c1-10-5-14(18)20-21-15(10)19-13-6-11-8-22(9-12(11)7-13)16(23)24-17(2,3)4/h5,11-13H,6-9H2,1-4H3,(H,19,21)/t11-,12+,13+. The molecule has 2 heterocycles. The van der Waals surface area contributed by atoms with Gasteiger partial charge in [-0.25, -0.2) is 4.79 Å². The summed E-state index contributed by atoms with van der Waals surface area (Å²) in [6, 6.07) is 2.19. The van der Waals surface area contributed by atoms with Crippen LogP contribution in [-0.2, 0) is 4.74 Å². The highest BCUT2D eigenvalue weighted by Crippen LogP contribution is 2.39. The highest BCUT2D eigenvalue weighted by molar-refractivity contribution is 6.29. The number of likely N-dealkylation sites (tertiary alicyclic amines) is 1. The van der Waals surface area contributed by atoms with E-state index in [2.05, 4.69) is 15.5 Å². The van der Waals surface area contributed by atoms with Gasteiger partial charge in [0.25, 0.3) is 0 Å². The molecule has 3 rings (SSSR count). The van der Waals surface area contributed by atoms with Gasteiger partial charge in [-0.15, -0.1) is 10.2 Å². The van der Waals surface area contributed by atoms with E-state index in [-0.39, 0.29) is 6.09 Å². The van der Waals surface area contributed by atoms with Gasteiger partial charge >= 0.3 is 6.09 Å². The Kier molecular flexibility index (Phi) is 4.60. The molecule has 24 heavy (non-hydrogen) atoms. The van der Waals surface area contributed by atoms with Crippen LogP contribution >= 0.6 is 11.6 Å². The normalized spacial score (nSPS) is 26.4. The molecule has 0 unspecified atom stereocenters. The van der Waals surface area contributed by atoms with E-state index in [1.807, 2.05) is 38.7 Å². The van der Waals surface area contributed by atoms with Gasteiger partial charge in [0.2, 0.25) is 0 Å². The van der Waals surface area contributed by atoms with Crippen molar-refractivity contribution in [1.82, 2.24) is 15.1 Å². The van der Waals surface area contributed by atoms with Gasteiger partial charge in [-0.1, -0.05) is 11.6 Å². The van der Waals surface area contributed by atoms with Crippen LogP contribution in [0.15, 0.2) is 6.07 Å². The van der Waals surface area contributed by atoms with E-state index in [1.165, 1.54) is 0 Å². The minimum Gasteiger partial charge on any atom is -0.444 e. The average molecular weight is 353 g/mol. The number of rotatable bonds is 2. The first-order valence-corrected chi connectivity index (χ1v) is 8.83. The summed E-state index contributed by atoms with van der Waals surface area (Å²) in [5, 5.41) is 11.9. The zero-order chi connectivity index (χ0) is 17.5. The lowest BCUT2D eigenvalue weighted by atomic mass is 10.0. The zero-order valence-corrected chi connectivity index (χ0v) is 15.4. The Morgan fingerprint density at radius 2 is 1.92 bits per heavy atom. The van der Waals surface area contributed by atoms with Gasteiger partial charge in [0.15, 0.2) is 11.0 Å². The summed E-state index contributed by atoms with van der Waals surface area (Å²) in [6.07, 6.45) is 1.88. The lowest BCUT2D eigenvalue weighted by Crippen LogP contribution is -2.36. The van der Waals surface area contributed by atoms with Crippen molar-refractivity contribution < 1.29 is 9.53 Å². The topological polar surface area (TPSA) is 67.4 Å². The fraction of sp³-hybridized carbons (Fsp3) is 0.706. The molecule has 1 saturated carbocycles. The molecular formula is C17H25ClN4O2. The van der Waals surface area contributed by atoms with Crippen molar-refractivity contribution in [2.75, 3.05) is 18.4 Å². The van der Waals surface area contributed by atoms with Gasteiger partial charge in [-0.05, 0) is 64.0 Å². The maximum absolute atomic E-state index is 12.2. The predicted molar refractivity (Wildman–Crippen MR) is 93.2 cm³/mol. The predicted octanol–water partition coefficient (Wildman–Crippen LogP) is 3.50.